The molecule has 0 spiro atoms. The van der Waals surface area contributed by atoms with E-state index in [2.05, 4.69) is 45.4 Å². The van der Waals surface area contributed by atoms with Crippen molar-refractivity contribution in [3.8, 4) is 10.4 Å². The first-order chi connectivity index (χ1) is 13.0. The van der Waals surface area contributed by atoms with E-state index in [4.69, 9.17) is 0 Å². The molecule has 0 bridgehead atoms. The minimum Gasteiger partial charge on any atom is -0.383 e. The number of thiazole rings is 1. The molecule has 5 nitrogen and oxygen atoms in total. The van der Waals surface area contributed by atoms with E-state index in [1.165, 1.54) is 6.42 Å². The lowest BCUT2D eigenvalue weighted by Gasteiger charge is -2.29. The predicted molar refractivity (Wildman–Crippen MR) is 109 cm³/mol. The van der Waals surface area contributed by atoms with Crippen LogP contribution in [0.2, 0.25) is 0 Å². The zero-order chi connectivity index (χ0) is 18.9. The normalized spacial score (nSPS) is 16.3. The van der Waals surface area contributed by atoms with Crippen LogP contribution in [-0.4, -0.2) is 20.1 Å². The number of hydrogen-bond donors (Lipinski definition) is 2. The largest absolute Gasteiger partial charge is 0.383 e. The Hall–Kier alpha value is -2.31. The Bertz CT molecular complexity index is 947. The lowest BCUT2D eigenvalue weighted by Crippen LogP contribution is -2.28. The maximum absolute atomic E-state index is 11.0. The Morgan fingerprint density at radius 2 is 1.89 bits per heavy atom. The van der Waals surface area contributed by atoms with Crippen LogP contribution in [0.3, 0.4) is 0 Å². The van der Waals surface area contributed by atoms with Crippen molar-refractivity contribution in [2.24, 2.45) is 0 Å². The Kier molecular flexibility index (Phi) is 4.93. The molecule has 0 atom stereocenters. The highest BCUT2D eigenvalue weighted by molar-refractivity contribution is 7.15. The third kappa shape index (κ3) is 4.01. The van der Waals surface area contributed by atoms with Crippen molar-refractivity contribution in [1.82, 2.24) is 15.0 Å². The maximum Gasteiger partial charge on any atom is 0.227 e. The van der Waals surface area contributed by atoms with Gasteiger partial charge in [0.25, 0.3) is 0 Å². The van der Waals surface area contributed by atoms with E-state index in [1.54, 1.807) is 17.5 Å². The Labute approximate surface area is 163 Å². The number of aryl methyl sites for hydroxylation is 2. The summed E-state index contributed by atoms with van der Waals surface area (Å²) in [6, 6.07) is 8.18. The van der Waals surface area contributed by atoms with Crippen LogP contribution in [0.25, 0.3) is 10.4 Å². The van der Waals surface area contributed by atoms with Gasteiger partial charge in [0.2, 0.25) is 5.95 Å². The van der Waals surface area contributed by atoms with E-state index in [-0.39, 0.29) is 0 Å². The van der Waals surface area contributed by atoms with Crippen molar-refractivity contribution in [3.05, 3.63) is 52.9 Å². The van der Waals surface area contributed by atoms with E-state index in [9.17, 15) is 5.11 Å². The molecule has 140 valence electrons. The highest BCUT2D eigenvalue weighted by Gasteiger charge is 2.34. The first-order valence-electron chi connectivity index (χ1n) is 9.39. The molecule has 1 aliphatic carbocycles. The van der Waals surface area contributed by atoms with Crippen LogP contribution < -0.4 is 5.32 Å². The van der Waals surface area contributed by atoms with Gasteiger partial charge >= 0.3 is 0 Å². The van der Waals surface area contributed by atoms with Crippen LogP contribution in [0, 0.1) is 13.8 Å². The molecule has 0 saturated heterocycles. The molecular formula is C21H24N4OS. The zero-order valence-corrected chi connectivity index (χ0v) is 16.5. The van der Waals surface area contributed by atoms with Crippen LogP contribution in [0.15, 0.2) is 36.7 Å². The summed E-state index contributed by atoms with van der Waals surface area (Å²) in [5, 5.41) is 15.1. The van der Waals surface area contributed by atoms with Gasteiger partial charge in [0.15, 0.2) is 0 Å². The number of nitrogens with one attached hydrogen (secondary N) is 1. The fraction of sp³-hybridized carbons (Fsp3) is 0.381. The zero-order valence-electron chi connectivity index (χ0n) is 15.7. The summed E-state index contributed by atoms with van der Waals surface area (Å²) < 4.78 is 0. The third-order valence-corrected chi connectivity index (χ3v) is 6.24. The molecule has 0 radical (unpaired) electrons. The lowest BCUT2D eigenvalue weighted by atomic mass is 9.85. The number of anilines is 2. The molecule has 0 unspecified atom stereocenters. The minimum absolute atomic E-state index is 0.591. The van der Waals surface area contributed by atoms with Gasteiger partial charge in [0.05, 0.1) is 4.88 Å². The molecule has 0 aliphatic heterocycles. The van der Waals surface area contributed by atoms with Crippen molar-refractivity contribution >= 4 is 23.0 Å². The average molecular weight is 381 g/mol. The second-order valence-electron chi connectivity index (χ2n) is 7.36. The van der Waals surface area contributed by atoms with Gasteiger partial charge in [-0.05, 0) is 56.0 Å². The number of aliphatic hydroxyl groups is 1. The standard InChI is InChI=1S/C21H24N4OS/c1-14-10-16(12-17(11-14)25-20-22-9-6-15(2)24-20)18-13-23-19(27-18)21(26)7-4-3-5-8-21/h6,9-13,26H,3-5,7-8H2,1-2H3,(H,22,24,25). The molecule has 27 heavy (non-hydrogen) atoms. The Morgan fingerprint density at radius 1 is 1.07 bits per heavy atom. The SMILES string of the molecule is Cc1cc(Nc2nccc(C)n2)cc(-c2cnc(C3(O)CCCCC3)s2)c1. The van der Waals surface area contributed by atoms with Gasteiger partial charge in [-0.25, -0.2) is 15.0 Å². The van der Waals surface area contributed by atoms with Crippen LogP contribution in [0.5, 0.6) is 0 Å². The average Bonchev–Trinajstić information content (AvgIpc) is 3.13. The fourth-order valence-electron chi connectivity index (χ4n) is 3.61. The van der Waals surface area contributed by atoms with E-state index in [1.807, 2.05) is 19.2 Å². The number of aromatic nitrogens is 3. The van der Waals surface area contributed by atoms with Gasteiger partial charge < -0.3 is 10.4 Å². The van der Waals surface area contributed by atoms with Crippen LogP contribution in [0.4, 0.5) is 11.6 Å². The van der Waals surface area contributed by atoms with Crippen molar-refractivity contribution in [3.63, 3.8) is 0 Å². The van der Waals surface area contributed by atoms with Crippen LogP contribution in [-0.2, 0) is 5.60 Å². The fourth-order valence-corrected chi connectivity index (χ4v) is 4.66. The molecule has 1 aromatic carbocycles. The second kappa shape index (κ2) is 7.37. The van der Waals surface area contributed by atoms with Gasteiger partial charge in [-0.15, -0.1) is 11.3 Å². The van der Waals surface area contributed by atoms with Gasteiger partial charge in [0, 0.05) is 23.8 Å². The summed E-state index contributed by atoms with van der Waals surface area (Å²) in [6.07, 6.45) is 8.60. The highest BCUT2D eigenvalue weighted by atomic mass is 32.1. The molecule has 6 heteroatoms. The summed E-state index contributed by atoms with van der Waals surface area (Å²) in [5.41, 5.74) is 3.36. The molecule has 1 fully saturated rings. The molecule has 4 rings (SSSR count). The Balaban J connectivity index is 1.62. The lowest BCUT2D eigenvalue weighted by molar-refractivity contribution is -0.000807. The molecule has 1 aliphatic rings. The second-order valence-corrected chi connectivity index (χ2v) is 8.39. The van der Waals surface area contributed by atoms with E-state index < -0.39 is 5.60 Å². The monoisotopic (exact) mass is 380 g/mol. The maximum atomic E-state index is 11.0. The van der Waals surface area contributed by atoms with E-state index in [0.717, 1.165) is 58.1 Å². The van der Waals surface area contributed by atoms with Crippen LogP contribution in [0.1, 0.15) is 48.4 Å². The van der Waals surface area contributed by atoms with Gasteiger partial charge in [-0.3, -0.25) is 0 Å². The van der Waals surface area contributed by atoms with Gasteiger partial charge in [0.1, 0.15) is 10.6 Å². The molecule has 2 aromatic heterocycles. The van der Waals surface area contributed by atoms with Crippen molar-refractivity contribution in [2.45, 2.75) is 51.6 Å². The van der Waals surface area contributed by atoms with Crippen LogP contribution >= 0.6 is 11.3 Å². The molecule has 2 heterocycles. The summed E-state index contributed by atoms with van der Waals surface area (Å²) in [6.45, 7) is 4.02. The molecule has 1 saturated carbocycles. The number of rotatable bonds is 4. The topological polar surface area (TPSA) is 70.9 Å². The number of hydrogen-bond acceptors (Lipinski definition) is 6. The number of benzene rings is 1. The summed E-state index contributed by atoms with van der Waals surface area (Å²) in [4.78, 5) is 14.3. The molecule has 0 amide bonds. The van der Waals surface area contributed by atoms with E-state index >= 15 is 0 Å². The summed E-state index contributed by atoms with van der Waals surface area (Å²) in [7, 11) is 0. The minimum atomic E-state index is -0.749. The van der Waals surface area contributed by atoms with Gasteiger partial charge in [-0.2, -0.15) is 0 Å². The molecule has 2 N–H and O–H groups in total. The first-order valence-corrected chi connectivity index (χ1v) is 10.2. The quantitative estimate of drug-likeness (QED) is 0.658. The van der Waals surface area contributed by atoms with Crippen molar-refractivity contribution < 1.29 is 5.11 Å². The third-order valence-electron chi connectivity index (χ3n) is 5.00. The summed E-state index contributed by atoms with van der Waals surface area (Å²) in [5.74, 6) is 0.591. The van der Waals surface area contributed by atoms with Gasteiger partial charge in [-0.1, -0.05) is 25.3 Å². The molecular weight excluding hydrogens is 356 g/mol. The van der Waals surface area contributed by atoms with Crippen molar-refractivity contribution in [1.29, 1.82) is 0 Å². The number of nitrogens with zero attached hydrogens (tertiary/aromatic N) is 3. The van der Waals surface area contributed by atoms with E-state index in [0.29, 0.717) is 5.95 Å². The Morgan fingerprint density at radius 3 is 2.67 bits per heavy atom. The first kappa shape index (κ1) is 18.1. The summed E-state index contributed by atoms with van der Waals surface area (Å²) >= 11 is 1.60. The van der Waals surface area contributed by atoms with Crippen molar-refractivity contribution in [2.75, 3.05) is 5.32 Å². The predicted octanol–water partition coefficient (Wildman–Crippen LogP) is 5.11. The molecule has 3 aromatic rings. The highest BCUT2D eigenvalue weighted by Crippen LogP contribution is 2.41. The smallest absolute Gasteiger partial charge is 0.227 e.